The average Bonchev–Trinajstić information content (AvgIpc) is 2.01. The minimum Gasteiger partial charge on any atom is -0.449 e. The second kappa shape index (κ2) is 4.32. The summed E-state index contributed by atoms with van der Waals surface area (Å²) in [7, 11) is 0. The van der Waals surface area contributed by atoms with Crippen LogP contribution in [0.25, 0.3) is 0 Å². The SMILES string of the molecule is Cc1ccc(C23CC([B-](F)(F)F)(C2)C3)c(F)c1.[K+]. The Morgan fingerprint density at radius 1 is 1.11 bits per heavy atom. The van der Waals surface area contributed by atoms with Gasteiger partial charge in [-0.15, -0.1) is 0 Å². The second-order valence-electron chi connectivity index (χ2n) is 5.73. The molecule has 2 bridgehead atoms. The van der Waals surface area contributed by atoms with Gasteiger partial charge in [-0.1, -0.05) is 36.7 Å². The van der Waals surface area contributed by atoms with Gasteiger partial charge in [0.25, 0.3) is 0 Å². The van der Waals surface area contributed by atoms with Gasteiger partial charge in [0, 0.05) is 0 Å². The van der Waals surface area contributed by atoms with Crippen molar-refractivity contribution in [2.45, 2.75) is 36.9 Å². The Morgan fingerprint density at radius 2 is 1.67 bits per heavy atom. The van der Waals surface area contributed by atoms with E-state index in [1.807, 2.05) is 0 Å². The Hall–Kier alpha value is 0.641. The van der Waals surface area contributed by atoms with E-state index in [9.17, 15) is 17.3 Å². The summed E-state index contributed by atoms with van der Waals surface area (Å²) >= 11 is 0. The average molecular weight is 282 g/mol. The maximum absolute atomic E-state index is 13.7. The van der Waals surface area contributed by atoms with Gasteiger partial charge in [-0.05, 0) is 29.5 Å². The van der Waals surface area contributed by atoms with E-state index in [1.165, 1.54) is 6.07 Å². The molecule has 3 fully saturated rings. The van der Waals surface area contributed by atoms with Gasteiger partial charge in [0.15, 0.2) is 0 Å². The van der Waals surface area contributed by atoms with Gasteiger partial charge in [0.2, 0.25) is 0 Å². The summed E-state index contributed by atoms with van der Waals surface area (Å²) in [6, 6.07) is 4.82. The molecule has 3 aliphatic carbocycles. The normalized spacial score (nSPS) is 33.2. The van der Waals surface area contributed by atoms with E-state index in [1.54, 1.807) is 19.1 Å². The zero-order valence-corrected chi connectivity index (χ0v) is 13.6. The van der Waals surface area contributed by atoms with Crippen molar-refractivity contribution in [3.63, 3.8) is 0 Å². The summed E-state index contributed by atoms with van der Waals surface area (Å²) in [6.45, 7) is -3.00. The molecule has 0 N–H and O–H groups in total. The molecule has 0 heterocycles. The van der Waals surface area contributed by atoms with E-state index in [4.69, 9.17) is 0 Å². The molecule has 6 heteroatoms. The molecule has 0 atom stereocenters. The first-order valence-corrected chi connectivity index (χ1v) is 5.74. The minimum atomic E-state index is -4.77. The third-order valence-corrected chi connectivity index (χ3v) is 4.46. The number of hydrogen-bond donors (Lipinski definition) is 0. The van der Waals surface area contributed by atoms with E-state index >= 15 is 0 Å². The zero-order chi connectivity index (χ0) is 12.5. The second-order valence-corrected chi connectivity index (χ2v) is 5.73. The Bertz CT molecular complexity index is 478. The molecular weight excluding hydrogens is 270 g/mol. The van der Waals surface area contributed by atoms with E-state index in [-0.39, 0.29) is 76.5 Å². The molecule has 4 rings (SSSR count). The smallest absolute Gasteiger partial charge is 0.449 e. The number of aryl methyl sites for hydroxylation is 1. The molecule has 0 radical (unpaired) electrons. The molecule has 1 aromatic rings. The molecule has 3 aliphatic rings. The van der Waals surface area contributed by atoms with Crippen molar-refractivity contribution in [2.75, 3.05) is 0 Å². The molecule has 3 saturated carbocycles. The zero-order valence-electron chi connectivity index (χ0n) is 10.4. The van der Waals surface area contributed by atoms with Gasteiger partial charge in [0.1, 0.15) is 5.82 Å². The van der Waals surface area contributed by atoms with Crippen molar-refractivity contribution in [3.05, 3.63) is 35.1 Å². The van der Waals surface area contributed by atoms with Crippen molar-refractivity contribution < 1.29 is 68.7 Å². The molecule has 92 valence electrons. The molecule has 0 spiro atoms. The van der Waals surface area contributed by atoms with Gasteiger partial charge in [-0.25, -0.2) is 4.39 Å². The van der Waals surface area contributed by atoms with Gasteiger partial charge in [0.05, 0.1) is 0 Å². The largest absolute Gasteiger partial charge is 1.00 e. The van der Waals surface area contributed by atoms with Crippen LogP contribution in [0.3, 0.4) is 0 Å². The Balaban J connectivity index is 0.00000120. The summed E-state index contributed by atoms with van der Waals surface area (Å²) in [5.74, 6) is -0.354. The molecule has 0 nitrogen and oxygen atoms in total. The summed E-state index contributed by atoms with van der Waals surface area (Å²) in [6.07, 6.45) is 0.260. The number of benzene rings is 1. The number of halogens is 4. The van der Waals surface area contributed by atoms with Crippen LogP contribution in [0.15, 0.2) is 18.2 Å². The van der Waals surface area contributed by atoms with E-state index in [0.29, 0.717) is 5.56 Å². The van der Waals surface area contributed by atoms with Crippen molar-refractivity contribution in [3.8, 4) is 0 Å². The Labute approximate surface area is 146 Å². The molecule has 18 heavy (non-hydrogen) atoms. The van der Waals surface area contributed by atoms with Gasteiger partial charge in [-0.3, -0.25) is 0 Å². The fourth-order valence-corrected chi connectivity index (χ4v) is 3.55. The van der Waals surface area contributed by atoms with Crippen LogP contribution in [0.2, 0.25) is 5.31 Å². The molecule has 0 unspecified atom stereocenters. The molecule has 0 amide bonds. The predicted octanol–water partition coefficient (Wildman–Crippen LogP) is 1.16. The molecule has 0 aliphatic heterocycles. The first-order chi connectivity index (χ1) is 7.78. The summed E-state index contributed by atoms with van der Waals surface area (Å²) in [5.41, 5.74) is 0.757. The maximum Gasteiger partial charge on any atom is 1.00 e. The molecule has 0 aromatic heterocycles. The monoisotopic (exact) mass is 282 g/mol. The third-order valence-electron chi connectivity index (χ3n) is 4.46. The first-order valence-electron chi connectivity index (χ1n) is 5.74. The van der Waals surface area contributed by atoms with Gasteiger partial charge in [-0.2, -0.15) is 0 Å². The molecule has 1 aromatic carbocycles. The van der Waals surface area contributed by atoms with Crippen molar-refractivity contribution in [1.29, 1.82) is 0 Å². The van der Waals surface area contributed by atoms with Crippen molar-refractivity contribution in [1.82, 2.24) is 0 Å². The van der Waals surface area contributed by atoms with E-state index < -0.39 is 17.7 Å². The maximum atomic E-state index is 13.7. The van der Waals surface area contributed by atoms with E-state index in [2.05, 4.69) is 0 Å². The van der Waals surface area contributed by atoms with Crippen LogP contribution >= 0.6 is 0 Å². The predicted molar refractivity (Wildman–Crippen MR) is 58.4 cm³/mol. The topological polar surface area (TPSA) is 0 Å². The minimum absolute atomic E-state index is 0. The van der Waals surface area contributed by atoms with Crippen LogP contribution in [0.5, 0.6) is 0 Å². The molecule has 0 saturated heterocycles. The summed E-state index contributed by atoms with van der Waals surface area (Å²) in [5, 5.41) is -1.45. The van der Waals surface area contributed by atoms with Gasteiger partial charge >= 0.3 is 58.4 Å². The van der Waals surface area contributed by atoms with Crippen molar-refractivity contribution in [2.24, 2.45) is 0 Å². The van der Waals surface area contributed by atoms with Crippen LogP contribution in [0.1, 0.15) is 30.4 Å². The fraction of sp³-hybridized carbons (Fsp3) is 0.500. The molecular formula is C12H12BF4K. The summed E-state index contributed by atoms with van der Waals surface area (Å²) < 4.78 is 52.0. The Morgan fingerprint density at radius 3 is 2.11 bits per heavy atom. The van der Waals surface area contributed by atoms with Crippen LogP contribution in [-0.4, -0.2) is 6.98 Å². The Kier molecular flexibility index (Phi) is 3.61. The standard InChI is InChI=1S/C12H12BF4.K/c1-8-2-3-9(10(14)4-8)11-5-12(6-11,7-11)13(15,16)17;/h2-4H,5-7H2,1H3;/q-1;+1. The van der Waals surface area contributed by atoms with Gasteiger partial charge < -0.3 is 12.9 Å². The van der Waals surface area contributed by atoms with E-state index in [0.717, 1.165) is 5.56 Å². The van der Waals surface area contributed by atoms with Crippen molar-refractivity contribution >= 4 is 6.98 Å². The number of hydrogen-bond acceptors (Lipinski definition) is 0. The quantitative estimate of drug-likeness (QED) is 0.564. The van der Waals surface area contributed by atoms with Crippen LogP contribution in [-0.2, 0) is 5.41 Å². The number of rotatable bonds is 2. The fourth-order valence-electron chi connectivity index (χ4n) is 3.55. The first kappa shape index (κ1) is 15.0. The summed E-state index contributed by atoms with van der Waals surface area (Å²) in [4.78, 5) is 0. The van der Waals surface area contributed by atoms with Crippen LogP contribution in [0.4, 0.5) is 17.3 Å². The van der Waals surface area contributed by atoms with Crippen LogP contribution in [0, 0.1) is 12.7 Å². The third kappa shape index (κ3) is 1.87. The van der Waals surface area contributed by atoms with Crippen LogP contribution < -0.4 is 51.4 Å².